The molecule has 1 aromatic carbocycles. The molecule has 0 fully saturated rings. The summed E-state index contributed by atoms with van der Waals surface area (Å²) in [5.74, 6) is 0. The normalized spacial score (nSPS) is 12.9. The van der Waals surface area contributed by atoms with Crippen molar-refractivity contribution in [3.8, 4) is 0 Å². The van der Waals surface area contributed by atoms with E-state index in [4.69, 9.17) is 4.74 Å². The van der Waals surface area contributed by atoms with Crippen molar-refractivity contribution in [2.75, 3.05) is 0 Å². The minimum Gasteiger partial charge on any atom is -0.369 e. The molecule has 0 saturated heterocycles. The first kappa shape index (κ1) is 11.7. The van der Waals surface area contributed by atoms with Gasteiger partial charge < -0.3 is 4.74 Å². The van der Waals surface area contributed by atoms with Crippen LogP contribution in [0.1, 0.15) is 18.9 Å². The number of rotatable bonds is 6. The highest BCUT2D eigenvalue weighted by Gasteiger charge is 2.02. The molecule has 0 aromatic heterocycles. The highest BCUT2D eigenvalue weighted by atomic mass is 16.5. The van der Waals surface area contributed by atoms with E-state index in [1.807, 2.05) is 37.3 Å². The van der Waals surface area contributed by atoms with Gasteiger partial charge in [-0.3, -0.25) is 0 Å². The highest BCUT2D eigenvalue weighted by Crippen LogP contribution is 2.07. The lowest BCUT2D eigenvalue weighted by Gasteiger charge is -2.12. The molecule has 1 atom stereocenters. The summed E-state index contributed by atoms with van der Waals surface area (Å²) in [5.41, 5.74) is 1.20. The number of hydrogen-bond donors (Lipinski definition) is 0. The molecule has 0 N–H and O–H groups in total. The second kappa shape index (κ2) is 7.02. The van der Waals surface area contributed by atoms with E-state index >= 15 is 0 Å². The van der Waals surface area contributed by atoms with E-state index < -0.39 is 0 Å². The number of allylic oxidation sites excluding steroid dienone is 1. The molecule has 0 saturated carbocycles. The molecule has 1 aromatic rings. The van der Waals surface area contributed by atoms with Crippen LogP contribution in [0.5, 0.6) is 0 Å². The SMILES string of the molecule is C=CCC(/C=C/C)OCc1ccccc1. The lowest BCUT2D eigenvalue weighted by molar-refractivity contribution is 0.0739. The Bertz CT molecular complexity index is 300. The number of benzene rings is 1. The largest absolute Gasteiger partial charge is 0.369 e. The second-order valence-corrected chi connectivity index (χ2v) is 3.39. The van der Waals surface area contributed by atoms with Gasteiger partial charge in [-0.15, -0.1) is 6.58 Å². The summed E-state index contributed by atoms with van der Waals surface area (Å²) in [6.07, 6.45) is 6.96. The van der Waals surface area contributed by atoms with Gasteiger partial charge in [-0.05, 0) is 18.9 Å². The van der Waals surface area contributed by atoms with Crippen molar-refractivity contribution in [2.45, 2.75) is 26.1 Å². The molecule has 1 unspecified atom stereocenters. The van der Waals surface area contributed by atoms with Gasteiger partial charge in [-0.2, -0.15) is 0 Å². The Balaban J connectivity index is 2.43. The quantitative estimate of drug-likeness (QED) is 0.639. The van der Waals surface area contributed by atoms with Crippen LogP contribution in [0, 0.1) is 0 Å². The van der Waals surface area contributed by atoms with Crippen LogP contribution < -0.4 is 0 Å². The molecule has 0 aliphatic rings. The number of ether oxygens (including phenoxy) is 1. The van der Waals surface area contributed by atoms with Crippen molar-refractivity contribution in [1.29, 1.82) is 0 Å². The van der Waals surface area contributed by atoms with E-state index in [9.17, 15) is 0 Å². The van der Waals surface area contributed by atoms with Crippen molar-refractivity contribution < 1.29 is 4.74 Å². The molecule has 1 heteroatoms. The molecule has 0 radical (unpaired) electrons. The van der Waals surface area contributed by atoms with E-state index in [-0.39, 0.29) is 6.10 Å². The highest BCUT2D eigenvalue weighted by molar-refractivity contribution is 5.13. The van der Waals surface area contributed by atoms with Gasteiger partial charge in [0.1, 0.15) is 0 Å². The average molecular weight is 202 g/mol. The van der Waals surface area contributed by atoms with Gasteiger partial charge >= 0.3 is 0 Å². The first-order chi connectivity index (χ1) is 7.36. The van der Waals surface area contributed by atoms with E-state index in [0.29, 0.717) is 6.61 Å². The third kappa shape index (κ3) is 4.61. The Morgan fingerprint density at radius 2 is 2.07 bits per heavy atom. The van der Waals surface area contributed by atoms with Crippen molar-refractivity contribution in [3.05, 3.63) is 60.7 Å². The van der Waals surface area contributed by atoms with Crippen LogP contribution in [0.25, 0.3) is 0 Å². The Morgan fingerprint density at radius 3 is 2.67 bits per heavy atom. The first-order valence-electron chi connectivity index (χ1n) is 5.26. The molecule has 0 aliphatic heterocycles. The van der Waals surface area contributed by atoms with Crippen LogP contribution >= 0.6 is 0 Å². The van der Waals surface area contributed by atoms with Gasteiger partial charge in [0.25, 0.3) is 0 Å². The molecule has 1 rings (SSSR count). The van der Waals surface area contributed by atoms with E-state index in [2.05, 4.69) is 24.8 Å². The van der Waals surface area contributed by atoms with Crippen LogP contribution in [-0.2, 0) is 11.3 Å². The van der Waals surface area contributed by atoms with Crippen molar-refractivity contribution >= 4 is 0 Å². The van der Waals surface area contributed by atoms with Gasteiger partial charge in [0.05, 0.1) is 12.7 Å². The topological polar surface area (TPSA) is 9.23 Å². The summed E-state index contributed by atoms with van der Waals surface area (Å²) in [5, 5.41) is 0. The third-order valence-corrected chi connectivity index (χ3v) is 2.11. The standard InChI is InChI=1S/C14H18O/c1-3-8-14(9-4-2)15-12-13-10-6-5-7-11-13/h3-7,9-11,14H,1,8,12H2,2H3/b9-4+. The molecular weight excluding hydrogens is 184 g/mol. The van der Waals surface area contributed by atoms with Crippen LogP contribution in [0.15, 0.2) is 55.1 Å². The Hall–Kier alpha value is -1.34. The summed E-state index contributed by atoms with van der Waals surface area (Å²) in [7, 11) is 0. The summed E-state index contributed by atoms with van der Waals surface area (Å²) in [6.45, 7) is 6.38. The average Bonchev–Trinajstić information content (AvgIpc) is 2.28. The zero-order chi connectivity index (χ0) is 10.9. The van der Waals surface area contributed by atoms with Gasteiger partial charge in [-0.25, -0.2) is 0 Å². The second-order valence-electron chi connectivity index (χ2n) is 3.39. The molecule has 0 amide bonds. The van der Waals surface area contributed by atoms with Crippen molar-refractivity contribution in [1.82, 2.24) is 0 Å². The fourth-order valence-corrected chi connectivity index (χ4v) is 1.36. The minimum absolute atomic E-state index is 0.146. The van der Waals surface area contributed by atoms with E-state index in [1.54, 1.807) is 0 Å². The summed E-state index contributed by atoms with van der Waals surface area (Å²) in [6, 6.07) is 10.2. The monoisotopic (exact) mass is 202 g/mol. The van der Waals surface area contributed by atoms with Crippen molar-refractivity contribution in [2.24, 2.45) is 0 Å². The fraction of sp³-hybridized carbons (Fsp3) is 0.286. The minimum atomic E-state index is 0.146. The van der Waals surface area contributed by atoms with Gasteiger partial charge in [0, 0.05) is 0 Å². The van der Waals surface area contributed by atoms with E-state index in [1.165, 1.54) is 5.56 Å². The first-order valence-corrected chi connectivity index (χ1v) is 5.26. The van der Waals surface area contributed by atoms with Gasteiger partial charge in [0.15, 0.2) is 0 Å². The molecule has 15 heavy (non-hydrogen) atoms. The summed E-state index contributed by atoms with van der Waals surface area (Å²) < 4.78 is 5.75. The van der Waals surface area contributed by atoms with Gasteiger partial charge in [0.2, 0.25) is 0 Å². The zero-order valence-corrected chi connectivity index (χ0v) is 9.23. The van der Waals surface area contributed by atoms with Crippen LogP contribution in [-0.4, -0.2) is 6.10 Å². The maximum atomic E-state index is 5.75. The maximum Gasteiger partial charge on any atom is 0.0794 e. The van der Waals surface area contributed by atoms with Crippen LogP contribution in [0.3, 0.4) is 0 Å². The Morgan fingerprint density at radius 1 is 1.33 bits per heavy atom. The predicted octanol–water partition coefficient (Wildman–Crippen LogP) is 3.72. The molecular formula is C14H18O. The summed E-state index contributed by atoms with van der Waals surface area (Å²) >= 11 is 0. The molecule has 80 valence electrons. The molecule has 1 nitrogen and oxygen atoms in total. The third-order valence-electron chi connectivity index (χ3n) is 2.11. The maximum absolute atomic E-state index is 5.75. The fourth-order valence-electron chi connectivity index (χ4n) is 1.36. The van der Waals surface area contributed by atoms with Crippen LogP contribution in [0.4, 0.5) is 0 Å². The lowest BCUT2D eigenvalue weighted by Crippen LogP contribution is -2.08. The van der Waals surface area contributed by atoms with Crippen LogP contribution in [0.2, 0.25) is 0 Å². The molecule has 0 bridgehead atoms. The molecule has 0 aliphatic carbocycles. The Kier molecular flexibility index (Phi) is 5.49. The van der Waals surface area contributed by atoms with E-state index in [0.717, 1.165) is 6.42 Å². The van der Waals surface area contributed by atoms with Gasteiger partial charge in [-0.1, -0.05) is 48.6 Å². The molecule has 0 spiro atoms. The Labute approximate surface area is 92.1 Å². The van der Waals surface area contributed by atoms with Crippen molar-refractivity contribution in [3.63, 3.8) is 0 Å². The zero-order valence-electron chi connectivity index (χ0n) is 9.23. The smallest absolute Gasteiger partial charge is 0.0794 e. The number of hydrogen-bond acceptors (Lipinski definition) is 1. The predicted molar refractivity (Wildman–Crippen MR) is 64.6 cm³/mol. The molecule has 0 heterocycles. The lowest BCUT2D eigenvalue weighted by atomic mass is 10.2. The summed E-state index contributed by atoms with van der Waals surface area (Å²) in [4.78, 5) is 0.